The van der Waals surface area contributed by atoms with Crippen LogP contribution in [0.5, 0.6) is 0 Å². The van der Waals surface area contributed by atoms with Crippen LogP contribution in [0.15, 0.2) is 6.20 Å². The highest BCUT2D eigenvalue weighted by molar-refractivity contribution is 6.20. The Morgan fingerprint density at radius 2 is 2.27 bits per heavy atom. The summed E-state index contributed by atoms with van der Waals surface area (Å²) in [5.74, 6) is 0.447. The normalized spacial score (nSPS) is 30.4. The van der Waals surface area contributed by atoms with E-state index in [4.69, 9.17) is 11.6 Å². The van der Waals surface area contributed by atoms with Gasteiger partial charge in [0.25, 0.3) is 0 Å². The molecule has 0 spiro atoms. The molecule has 1 fully saturated rings. The fourth-order valence-electron chi connectivity index (χ4n) is 2.44. The number of hydrogen-bond acceptors (Lipinski definition) is 2. The lowest BCUT2D eigenvalue weighted by atomic mass is 9.67. The van der Waals surface area contributed by atoms with Gasteiger partial charge in [0.1, 0.15) is 0 Å². The first-order chi connectivity index (χ1) is 6.99. The molecule has 3 nitrogen and oxygen atoms in total. The lowest BCUT2D eigenvalue weighted by Gasteiger charge is -2.39. The largest absolute Gasteiger partial charge is 0.188 e. The second-order valence-electron chi connectivity index (χ2n) is 5.17. The van der Waals surface area contributed by atoms with E-state index in [1.54, 1.807) is 4.80 Å². The average Bonchev–Trinajstić information content (AvgIpc) is 2.56. The number of hydrogen-bond donors (Lipinski definition) is 0. The Morgan fingerprint density at radius 3 is 2.87 bits per heavy atom. The topological polar surface area (TPSA) is 30.7 Å². The van der Waals surface area contributed by atoms with Crippen LogP contribution in [0.4, 0.5) is 0 Å². The van der Waals surface area contributed by atoms with Gasteiger partial charge in [0.15, 0.2) is 0 Å². The van der Waals surface area contributed by atoms with E-state index in [0.29, 0.717) is 16.7 Å². The fraction of sp³-hybridized carbons (Fsp3) is 0.818. The van der Waals surface area contributed by atoms with E-state index in [1.165, 1.54) is 6.42 Å². The van der Waals surface area contributed by atoms with Crippen molar-refractivity contribution in [1.82, 2.24) is 15.0 Å². The Labute approximate surface area is 95.8 Å². The Hall–Kier alpha value is -0.570. The number of alkyl halides is 1. The van der Waals surface area contributed by atoms with Gasteiger partial charge in [-0.25, -0.2) is 0 Å². The minimum atomic E-state index is 0.293. The Bertz CT molecular complexity index is 345. The van der Waals surface area contributed by atoms with Crippen molar-refractivity contribution in [1.29, 1.82) is 0 Å². The molecule has 0 aliphatic heterocycles. The Morgan fingerprint density at radius 1 is 1.53 bits per heavy atom. The fourth-order valence-corrected chi connectivity index (χ4v) is 2.72. The van der Waals surface area contributed by atoms with Crippen LogP contribution in [0.25, 0.3) is 0 Å². The van der Waals surface area contributed by atoms with E-state index < -0.39 is 0 Å². The van der Waals surface area contributed by atoms with E-state index in [-0.39, 0.29) is 0 Å². The van der Waals surface area contributed by atoms with Crippen LogP contribution < -0.4 is 0 Å². The third-order valence-electron chi connectivity index (χ3n) is 3.51. The molecule has 0 bridgehead atoms. The number of aryl methyl sites for hydroxylation is 1. The molecule has 1 saturated carbocycles. The smallest absolute Gasteiger partial charge is 0.0863 e. The molecule has 0 saturated heterocycles. The van der Waals surface area contributed by atoms with Crippen molar-refractivity contribution in [2.75, 3.05) is 0 Å². The first-order valence-electron chi connectivity index (χ1n) is 5.49. The maximum atomic E-state index is 6.24. The molecule has 4 heteroatoms. The summed E-state index contributed by atoms with van der Waals surface area (Å²) in [6, 6.07) is 0. The predicted octanol–water partition coefficient (Wildman–Crippen LogP) is 2.72. The molecule has 2 unspecified atom stereocenters. The van der Waals surface area contributed by atoms with Crippen molar-refractivity contribution in [2.24, 2.45) is 12.5 Å². The molecule has 0 radical (unpaired) electrons. The summed E-state index contributed by atoms with van der Waals surface area (Å²) in [4.78, 5) is 1.63. The highest BCUT2D eigenvalue weighted by atomic mass is 35.5. The number of rotatable bonds is 1. The van der Waals surface area contributed by atoms with E-state index in [0.717, 1.165) is 18.5 Å². The van der Waals surface area contributed by atoms with E-state index in [9.17, 15) is 0 Å². The Kier molecular flexibility index (Phi) is 2.75. The van der Waals surface area contributed by atoms with Gasteiger partial charge in [-0.1, -0.05) is 13.8 Å². The van der Waals surface area contributed by atoms with E-state index in [1.807, 2.05) is 13.2 Å². The summed E-state index contributed by atoms with van der Waals surface area (Å²) in [5, 5.41) is 8.85. The molecule has 2 rings (SSSR count). The molecule has 1 aliphatic rings. The zero-order valence-corrected chi connectivity index (χ0v) is 10.3. The molecule has 0 amide bonds. The van der Waals surface area contributed by atoms with Crippen LogP contribution >= 0.6 is 11.6 Å². The van der Waals surface area contributed by atoms with Gasteiger partial charge >= 0.3 is 0 Å². The second-order valence-corrected chi connectivity index (χ2v) is 5.79. The number of aromatic nitrogens is 3. The monoisotopic (exact) mass is 227 g/mol. The molecule has 1 heterocycles. The number of halogens is 1. The SMILES string of the molecule is Cn1ncc(C2CC(Cl)CCC2(C)C)n1. The van der Waals surface area contributed by atoms with Crippen molar-refractivity contribution < 1.29 is 0 Å². The quantitative estimate of drug-likeness (QED) is 0.691. The minimum Gasteiger partial charge on any atom is -0.188 e. The van der Waals surface area contributed by atoms with Crippen molar-refractivity contribution in [3.63, 3.8) is 0 Å². The maximum Gasteiger partial charge on any atom is 0.0863 e. The third kappa shape index (κ3) is 2.17. The third-order valence-corrected chi connectivity index (χ3v) is 3.91. The van der Waals surface area contributed by atoms with Crippen LogP contribution in [0.2, 0.25) is 0 Å². The molecule has 1 aromatic rings. The van der Waals surface area contributed by atoms with Gasteiger partial charge in [-0.05, 0) is 24.7 Å². The van der Waals surface area contributed by atoms with Gasteiger partial charge in [-0.2, -0.15) is 15.0 Å². The van der Waals surface area contributed by atoms with Gasteiger partial charge in [0.05, 0.1) is 11.9 Å². The molecular formula is C11H18ClN3. The summed E-state index contributed by atoms with van der Waals surface area (Å²) < 4.78 is 0. The molecule has 84 valence electrons. The van der Waals surface area contributed by atoms with Crippen LogP contribution in [0, 0.1) is 5.41 Å². The van der Waals surface area contributed by atoms with Crippen molar-refractivity contribution >= 4 is 11.6 Å². The number of nitrogens with zero attached hydrogens (tertiary/aromatic N) is 3. The lowest BCUT2D eigenvalue weighted by Crippen LogP contribution is -2.31. The average molecular weight is 228 g/mol. The summed E-state index contributed by atoms with van der Waals surface area (Å²) in [6.07, 6.45) is 5.18. The van der Waals surface area contributed by atoms with Gasteiger partial charge in [-0.15, -0.1) is 11.6 Å². The second kappa shape index (κ2) is 3.78. The summed E-state index contributed by atoms with van der Waals surface area (Å²) in [5.41, 5.74) is 1.38. The zero-order valence-electron chi connectivity index (χ0n) is 9.57. The molecule has 0 N–H and O–H groups in total. The first-order valence-corrected chi connectivity index (χ1v) is 5.93. The lowest BCUT2D eigenvalue weighted by molar-refractivity contribution is 0.198. The van der Waals surface area contributed by atoms with Crippen LogP contribution in [0.1, 0.15) is 44.7 Å². The van der Waals surface area contributed by atoms with Gasteiger partial charge in [0, 0.05) is 18.3 Å². The van der Waals surface area contributed by atoms with Gasteiger partial charge < -0.3 is 0 Å². The van der Waals surface area contributed by atoms with Crippen LogP contribution in [-0.2, 0) is 7.05 Å². The Balaban J connectivity index is 2.25. The van der Waals surface area contributed by atoms with E-state index in [2.05, 4.69) is 24.0 Å². The molecule has 2 atom stereocenters. The highest BCUT2D eigenvalue weighted by Crippen LogP contribution is 2.47. The molecule has 1 aliphatic carbocycles. The summed E-state index contributed by atoms with van der Waals surface area (Å²) in [6.45, 7) is 4.60. The maximum absolute atomic E-state index is 6.24. The standard InChI is InChI=1S/C11H18ClN3/c1-11(2)5-4-8(12)6-9(11)10-7-13-15(3)14-10/h7-9H,4-6H2,1-3H3. The van der Waals surface area contributed by atoms with E-state index >= 15 is 0 Å². The zero-order chi connectivity index (χ0) is 11.1. The van der Waals surface area contributed by atoms with Crippen molar-refractivity contribution in [3.8, 4) is 0 Å². The molecular weight excluding hydrogens is 210 g/mol. The van der Waals surface area contributed by atoms with Gasteiger partial charge in [-0.3, -0.25) is 0 Å². The van der Waals surface area contributed by atoms with Gasteiger partial charge in [0.2, 0.25) is 0 Å². The molecule has 15 heavy (non-hydrogen) atoms. The van der Waals surface area contributed by atoms with Crippen LogP contribution in [0.3, 0.4) is 0 Å². The van der Waals surface area contributed by atoms with Crippen molar-refractivity contribution in [3.05, 3.63) is 11.9 Å². The molecule has 0 aromatic carbocycles. The van der Waals surface area contributed by atoms with Crippen molar-refractivity contribution in [2.45, 2.75) is 44.4 Å². The first kappa shape index (κ1) is 10.9. The summed E-state index contributed by atoms with van der Waals surface area (Å²) in [7, 11) is 1.86. The van der Waals surface area contributed by atoms with Crippen LogP contribution in [-0.4, -0.2) is 20.4 Å². The minimum absolute atomic E-state index is 0.293. The molecule has 1 aromatic heterocycles. The highest BCUT2D eigenvalue weighted by Gasteiger charge is 2.38. The predicted molar refractivity (Wildman–Crippen MR) is 61.0 cm³/mol. The summed E-state index contributed by atoms with van der Waals surface area (Å²) >= 11 is 6.24.